The standard InChI is InChI=1S/C22H24N2O2S/c1-5-16-6-10-18(11-7-16)23-22-24(4)21(25)20(27-22)14-17-8-12-19(13-9-17)26-15(2)3/h6-15H,5H2,1-4H3. The molecule has 27 heavy (non-hydrogen) atoms. The van der Waals surface area contributed by atoms with E-state index >= 15 is 0 Å². The molecule has 1 fully saturated rings. The Hall–Kier alpha value is -2.53. The summed E-state index contributed by atoms with van der Waals surface area (Å²) in [6.45, 7) is 6.12. The van der Waals surface area contributed by atoms with Gasteiger partial charge in [0.15, 0.2) is 5.17 Å². The van der Waals surface area contributed by atoms with Crippen molar-refractivity contribution in [2.45, 2.75) is 33.3 Å². The van der Waals surface area contributed by atoms with Crippen LogP contribution < -0.4 is 4.74 Å². The molecule has 1 heterocycles. The second-order valence-corrected chi connectivity index (χ2v) is 7.63. The number of rotatable bonds is 5. The maximum atomic E-state index is 12.6. The highest BCUT2D eigenvalue weighted by Gasteiger charge is 2.30. The van der Waals surface area contributed by atoms with Crippen LogP contribution >= 0.6 is 11.8 Å². The van der Waals surface area contributed by atoms with Crippen molar-refractivity contribution < 1.29 is 9.53 Å². The number of benzene rings is 2. The molecule has 0 saturated carbocycles. The van der Waals surface area contributed by atoms with Crippen LogP contribution in [0.1, 0.15) is 31.9 Å². The third-order valence-corrected chi connectivity index (χ3v) is 5.18. The number of hydrogen-bond donors (Lipinski definition) is 0. The van der Waals surface area contributed by atoms with Gasteiger partial charge in [-0.3, -0.25) is 9.69 Å². The second kappa shape index (κ2) is 8.44. The summed E-state index contributed by atoms with van der Waals surface area (Å²) >= 11 is 1.40. The van der Waals surface area contributed by atoms with Crippen LogP contribution in [0, 0.1) is 0 Å². The largest absolute Gasteiger partial charge is 0.491 e. The zero-order chi connectivity index (χ0) is 19.4. The van der Waals surface area contributed by atoms with Crippen LogP contribution in [0.25, 0.3) is 6.08 Å². The van der Waals surface area contributed by atoms with E-state index in [0.717, 1.165) is 23.4 Å². The topological polar surface area (TPSA) is 41.9 Å². The molecular weight excluding hydrogens is 356 g/mol. The lowest BCUT2D eigenvalue weighted by molar-refractivity contribution is -0.121. The van der Waals surface area contributed by atoms with Gasteiger partial charge in [0.05, 0.1) is 16.7 Å². The molecule has 0 atom stereocenters. The quantitative estimate of drug-likeness (QED) is 0.664. The molecule has 0 unspecified atom stereocenters. The van der Waals surface area contributed by atoms with Gasteiger partial charge < -0.3 is 4.74 Å². The molecule has 5 heteroatoms. The first-order chi connectivity index (χ1) is 13.0. The van der Waals surface area contributed by atoms with E-state index in [2.05, 4.69) is 24.0 Å². The zero-order valence-electron chi connectivity index (χ0n) is 16.1. The SMILES string of the molecule is CCc1ccc(N=C2SC(=Cc3ccc(OC(C)C)cc3)C(=O)N2C)cc1. The van der Waals surface area contributed by atoms with Crippen LogP contribution in [0.4, 0.5) is 5.69 Å². The Morgan fingerprint density at radius 3 is 2.37 bits per heavy atom. The van der Waals surface area contributed by atoms with Crippen molar-refractivity contribution in [3.63, 3.8) is 0 Å². The summed E-state index contributed by atoms with van der Waals surface area (Å²) in [5, 5.41) is 0.690. The van der Waals surface area contributed by atoms with Crippen molar-refractivity contribution in [3.05, 3.63) is 64.6 Å². The number of nitrogens with zero attached hydrogens (tertiary/aromatic N) is 2. The molecule has 140 valence electrons. The van der Waals surface area contributed by atoms with Crippen LogP contribution in [0.5, 0.6) is 5.75 Å². The summed E-state index contributed by atoms with van der Waals surface area (Å²) in [5.41, 5.74) is 3.09. The average Bonchev–Trinajstić information content (AvgIpc) is 2.91. The van der Waals surface area contributed by atoms with E-state index in [-0.39, 0.29) is 12.0 Å². The molecule has 4 nitrogen and oxygen atoms in total. The van der Waals surface area contributed by atoms with Gasteiger partial charge in [-0.2, -0.15) is 0 Å². The van der Waals surface area contributed by atoms with Gasteiger partial charge in [0, 0.05) is 7.05 Å². The van der Waals surface area contributed by atoms with E-state index in [0.29, 0.717) is 10.1 Å². The minimum absolute atomic E-state index is 0.0357. The predicted molar refractivity (Wildman–Crippen MR) is 113 cm³/mol. The van der Waals surface area contributed by atoms with Gasteiger partial charge in [-0.15, -0.1) is 0 Å². The number of likely N-dealkylation sites (N-methyl/N-ethyl adjacent to an activating group) is 1. The summed E-state index contributed by atoms with van der Waals surface area (Å²) in [7, 11) is 1.76. The van der Waals surface area contributed by atoms with Gasteiger partial charge in [0.2, 0.25) is 0 Å². The lowest BCUT2D eigenvalue weighted by atomic mass is 10.2. The lowest BCUT2D eigenvalue weighted by Crippen LogP contribution is -2.23. The highest BCUT2D eigenvalue weighted by Crippen LogP contribution is 2.33. The minimum atomic E-state index is -0.0357. The molecule has 2 aromatic carbocycles. The summed E-state index contributed by atoms with van der Waals surface area (Å²) in [5.74, 6) is 0.791. The van der Waals surface area contributed by atoms with Gasteiger partial charge in [0.1, 0.15) is 5.75 Å². The Labute approximate surface area is 164 Å². The normalized spacial score (nSPS) is 17.4. The van der Waals surface area contributed by atoms with Crippen LogP contribution in [0.2, 0.25) is 0 Å². The molecule has 1 saturated heterocycles. The lowest BCUT2D eigenvalue weighted by Gasteiger charge is -2.09. The number of aryl methyl sites for hydroxylation is 1. The maximum absolute atomic E-state index is 12.6. The molecule has 0 radical (unpaired) electrons. The van der Waals surface area contributed by atoms with E-state index < -0.39 is 0 Å². The molecule has 0 aliphatic carbocycles. The number of aliphatic imine (C=N–C) groups is 1. The fourth-order valence-corrected chi connectivity index (χ4v) is 3.62. The number of carbonyl (C=O) groups excluding carboxylic acids is 1. The van der Waals surface area contributed by atoms with Crippen molar-refractivity contribution in [3.8, 4) is 5.75 Å². The number of thioether (sulfide) groups is 1. The monoisotopic (exact) mass is 380 g/mol. The highest BCUT2D eigenvalue weighted by molar-refractivity contribution is 8.18. The van der Waals surface area contributed by atoms with E-state index in [1.165, 1.54) is 17.3 Å². The molecule has 3 rings (SSSR count). The van der Waals surface area contributed by atoms with Crippen LogP contribution in [0.15, 0.2) is 58.4 Å². The van der Waals surface area contributed by atoms with E-state index in [1.54, 1.807) is 11.9 Å². The van der Waals surface area contributed by atoms with Crippen molar-refractivity contribution in [1.82, 2.24) is 4.90 Å². The third-order valence-electron chi connectivity index (χ3n) is 4.12. The molecule has 0 bridgehead atoms. The third kappa shape index (κ3) is 4.80. The van der Waals surface area contributed by atoms with Crippen molar-refractivity contribution >= 4 is 34.6 Å². The molecule has 1 amide bonds. The first-order valence-electron chi connectivity index (χ1n) is 9.08. The first kappa shape index (κ1) is 19.2. The molecule has 2 aromatic rings. The fourth-order valence-electron chi connectivity index (χ4n) is 2.63. The van der Waals surface area contributed by atoms with E-state index in [4.69, 9.17) is 4.74 Å². The highest BCUT2D eigenvalue weighted by atomic mass is 32.2. The van der Waals surface area contributed by atoms with E-state index in [1.807, 2.05) is 56.3 Å². The number of amidine groups is 1. The Bertz CT molecular complexity index is 868. The number of carbonyl (C=O) groups is 1. The van der Waals surface area contributed by atoms with Crippen LogP contribution in [0.3, 0.4) is 0 Å². The van der Waals surface area contributed by atoms with Crippen LogP contribution in [-0.4, -0.2) is 29.1 Å². The number of ether oxygens (including phenoxy) is 1. The Kier molecular flexibility index (Phi) is 6.01. The smallest absolute Gasteiger partial charge is 0.266 e. The average molecular weight is 381 g/mol. The Morgan fingerprint density at radius 2 is 1.78 bits per heavy atom. The Balaban J connectivity index is 1.78. The van der Waals surface area contributed by atoms with Crippen molar-refractivity contribution in [2.75, 3.05) is 7.05 Å². The predicted octanol–water partition coefficient (Wildman–Crippen LogP) is 5.27. The summed E-state index contributed by atoms with van der Waals surface area (Å²) < 4.78 is 5.66. The molecule has 0 spiro atoms. The van der Waals surface area contributed by atoms with Gasteiger partial charge in [-0.25, -0.2) is 4.99 Å². The van der Waals surface area contributed by atoms with Gasteiger partial charge >= 0.3 is 0 Å². The van der Waals surface area contributed by atoms with Crippen molar-refractivity contribution in [2.24, 2.45) is 4.99 Å². The molecule has 0 N–H and O–H groups in total. The molecule has 0 aromatic heterocycles. The van der Waals surface area contributed by atoms with E-state index in [9.17, 15) is 4.79 Å². The van der Waals surface area contributed by atoms with Gasteiger partial charge in [-0.05, 0) is 73.5 Å². The summed E-state index contributed by atoms with van der Waals surface area (Å²) in [6.07, 6.45) is 3.03. The Morgan fingerprint density at radius 1 is 1.11 bits per heavy atom. The number of amides is 1. The minimum Gasteiger partial charge on any atom is -0.491 e. The summed E-state index contributed by atoms with van der Waals surface area (Å²) in [4.78, 5) is 19.4. The van der Waals surface area contributed by atoms with Gasteiger partial charge in [-0.1, -0.05) is 31.2 Å². The van der Waals surface area contributed by atoms with Gasteiger partial charge in [0.25, 0.3) is 5.91 Å². The van der Waals surface area contributed by atoms with Crippen molar-refractivity contribution in [1.29, 1.82) is 0 Å². The first-order valence-corrected chi connectivity index (χ1v) is 9.90. The molecule has 1 aliphatic heterocycles. The maximum Gasteiger partial charge on any atom is 0.266 e. The zero-order valence-corrected chi connectivity index (χ0v) is 16.9. The number of hydrogen-bond acceptors (Lipinski definition) is 4. The summed E-state index contributed by atoms with van der Waals surface area (Å²) in [6, 6.07) is 15.9. The molecular formula is C22H24N2O2S. The fraction of sp³-hybridized carbons (Fsp3) is 0.273. The van der Waals surface area contributed by atoms with Crippen LogP contribution in [-0.2, 0) is 11.2 Å². The molecule has 1 aliphatic rings. The second-order valence-electron chi connectivity index (χ2n) is 6.62.